The van der Waals surface area contributed by atoms with E-state index in [2.05, 4.69) is 67.1 Å². The average Bonchev–Trinajstić information content (AvgIpc) is 3.66. The standard InChI is InChI=1S/C39H32NO.C13H12N.Ir/c1-24-19-29-20-27(26-15-17-30(18-16-26)39(3,4)5)13-14-28(29)21-34(24)35-22-36(40-23-25(35)2)33-11-8-10-32-31-9-6-7-12-37(31)41-38(32)33;1-10-3-6-12(7-4-10)13-8-5-11(2)9-14-13;/h6-10,12-23H,1-5H3;3-6,8-9H,1-2H3;/q2*-1;/i2*1D3,2D3;. The maximum atomic E-state index is 8.51. The second-order valence-corrected chi connectivity index (χ2v) is 14.5. The number of rotatable bonds is 4. The average molecular weight is 917 g/mol. The SMILES string of the molecule is [2H]C([2H])([2H])c1c[c-]c(-c2ccc(C([2H])([2H])[2H])cn2)cc1.[2H]C([2H])([2H])c1cnc(-c2[c-]ccc3c2oc2ccccc23)cc1-c1cc2ccc(-c3ccc(C(C)(C)C)cc3)cc2cc1C([2H])([2H])[2H].[Ir]. The van der Waals surface area contributed by atoms with Crippen molar-refractivity contribution in [2.45, 2.75) is 53.6 Å². The molecule has 0 spiro atoms. The van der Waals surface area contributed by atoms with E-state index in [1.54, 1.807) is 36.4 Å². The molecule has 0 N–H and O–H groups in total. The van der Waals surface area contributed by atoms with Gasteiger partial charge in [-0.1, -0.05) is 117 Å². The zero-order valence-corrected chi connectivity index (χ0v) is 33.3. The molecule has 56 heavy (non-hydrogen) atoms. The smallest absolute Gasteiger partial charge is 0.120 e. The maximum Gasteiger partial charge on any atom is 0.120 e. The minimum Gasteiger partial charge on any atom is -0.501 e. The quantitative estimate of drug-likeness (QED) is 0.165. The Morgan fingerprint density at radius 3 is 2.11 bits per heavy atom. The molecule has 9 aromatic rings. The Labute approximate surface area is 360 Å². The molecule has 0 saturated carbocycles. The molecule has 0 atom stereocenters. The maximum absolute atomic E-state index is 8.51. The van der Waals surface area contributed by atoms with Crippen molar-refractivity contribution in [3.63, 3.8) is 0 Å². The normalized spacial score (nSPS) is 15.4. The summed E-state index contributed by atoms with van der Waals surface area (Å²) in [4.78, 5) is 8.63. The molecule has 1 radical (unpaired) electrons. The van der Waals surface area contributed by atoms with Crippen molar-refractivity contribution < 1.29 is 41.0 Å². The number of furan rings is 1. The third-order valence-electron chi connectivity index (χ3n) is 9.70. The molecular weight excluding hydrogens is 861 g/mol. The predicted molar refractivity (Wildman–Crippen MR) is 230 cm³/mol. The van der Waals surface area contributed by atoms with Crippen molar-refractivity contribution in [3.8, 4) is 44.8 Å². The number of nitrogens with zero attached hydrogens (tertiary/aromatic N) is 2. The first-order valence-corrected chi connectivity index (χ1v) is 17.9. The number of aryl methyl sites for hydroxylation is 4. The molecule has 3 heterocycles. The number of fused-ring (bicyclic) bond motifs is 4. The van der Waals surface area contributed by atoms with Crippen molar-refractivity contribution >= 4 is 32.7 Å². The molecule has 279 valence electrons. The first-order chi connectivity index (χ1) is 31.4. The van der Waals surface area contributed by atoms with Crippen LogP contribution in [0.25, 0.3) is 77.5 Å². The van der Waals surface area contributed by atoms with Crippen LogP contribution in [0.5, 0.6) is 0 Å². The number of pyridine rings is 2. The van der Waals surface area contributed by atoms with E-state index in [0.29, 0.717) is 39.2 Å². The summed E-state index contributed by atoms with van der Waals surface area (Å²) in [6.07, 6.45) is 2.62. The van der Waals surface area contributed by atoms with Crippen LogP contribution in [0.4, 0.5) is 0 Å². The van der Waals surface area contributed by atoms with Gasteiger partial charge in [-0.25, -0.2) is 0 Å². The Morgan fingerprint density at radius 1 is 0.607 bits per heavy atom. The van der Waals surface area contributed by atoms with Crippen LogP contribution < -0.4 is 0 Å². The molecule has 6 aromatic carbocycles. The van der Waals surface area contributed by atoms with Crippen LogP contribution in [0.1, 0.15) is 65.0 Å². The van der Waals surface area contributed by atoms with Gasteiger partial charge in [0.1, 0.15) is 5.58 Å². The van der Waals surface area contributed by atoms with Crippen molar-refractivity contribution in [2.75, 3.05) is 0 Å². The number of para-hydroxylation sites is 1. The van der Waals surface area contributed by atoms with Gasteiger partial charge >= 0.3 is 0 Å². The molecule has 0 bridgehead atoms. The number of hydrogen-bond donors (Lipinski definition) is 0. The Kier molecular flexibility index (Phi) is 7.41. The molecule has 0 aliphatic heterocycles. The molecule has 9 rings (SSSR count). The van der Waals surface area contributed by atoms with Gasteiger partial charge < -0.3 is 14.4 Å². The van der Waals surface area contributed by atoms with Crippen LogP contribution in [0.3, 0.4) is 0 Å². The van der Waals surface area contributed by atoms with E-state index < -0.39 is 27.4 Å². The first kappa shape index (κ1) is 26.2. The zero-order chi connectivity index (χ0) is 48.3. The van der Waals surface area contributed by atoms with Crippen LogP contribution in [-0.2, 0) is 25.5 Å². The Hall–Kier alpha value is -5.67. The van der Waals surface area contributed by atoms with Gasteiger partial charge in [-0.05, 0) is 111 Å². The van der Waals surface area contributed by atoms with E-state index >= 15 is 0 Å². The minimum absolute atomic E-state index is 0. The van der Waals surface area contributed by atoms with E-state index in [-0.39, 0.29) is 53.3 Å². The fourth-order valence-corrected chi connectivity index (χ4v) is 6.70. The van der Waals surface area contributed by atoms with Gasteiger partial charge in [-0.3, -0.25) is 0 Å². The van der Waals surface area contributed by atoms with Gasteiger partial charge in [0.15, 0.2) is 0 Å². The molecule has 3 aromatic heterocycles. The van der Waals surface area contributed by atoms with E-state index in [9.17, 15) is 0 Å². The fourth-order valence-electron chi connectivity index (χ4n) is 6.70. The molecule has 0 saturated heterocycles. The van der Waals surface area contributed by atoms with Gasteiger partial charge in [0.2, 0.25) is 0 Å². The van der Waals surface area contributed by atoms with Crippen molar-refractivity contribution in [1.82, 2.24) is 9.97 Å². The van der Waals surface area contributed by atoms with Crippen LogP contribution in [0.2, 0.25) is 0 Å². The number of benzene rings is 6. The van der Waals surface area contributed by atoms with E-state index in [1.165, 1.54) is 36.2 Å². The van der Waals surface area contributed by atoms with Crippen molar-refractivity contribution in [3.05, 3.63) is 180 Å². The van der Waals surface area contributed by atoms with Gasteiger partial charge in [-0.2, -0.15) is 0 Å². The van der Waals surface area contributed by atoms with E-state index in [1.807, 2.05) is 48.5 Å². The molecule has 0 amide bonds. The fraction of sp³-hybridized carbons (Fsp3) is 0.154. The number of aromatic nitrogens is 2. The number of hydrogen-bond acceptors (Lipinski definition) is 3. The van der Waals surface area contributed by atoms with Gasteiger partial charge in [0.25, 0.3) is 0 Å². The Bertz CT molecular complexity index is 3200. The van der Waals surface area contributed by atoms with Crippen LogP contribution >= 0.6 is 0 Å². The van der Waals surface area contributed by atoms with Gasteiger partial charge in [0, 0.05) is 54.3 Å². The van der Waals surface area contributed by atoms with Crippen LogP contribution in [0, 0.1) is 39.5 Å². The molecule has 4 heteroatoms. The van der Waals surface area contributed by atoms with Crippen molar-refractivity contribution in [1.29, 1.82) is 0 Å². The van der Waals surface area contributed by atoms with Crippen LogP contribution in [0.15, 0.2) is 144 Å². The summed E-state index contributed by atoms with van der Waals surface area (Å²) in [5.41, 5.74) is 7.74. The second-order valence-electron chi connectivity index (χ2n) is 14.5. The molecule has 0 aliphatic rings. The van der Waals surface area contributed by atoms with Crippen LogP contribution in [-0.4, -0.2) is 9.97 Å². The van der Waals surface area contributed by atoms with Gasteiger partial charge in [-0.15, -0.1) is 53.6 Å². The molecule has 3 nitrogen and oxygen atoms in total. The largest absolute Gasteiger partial charge is 0.501 e. The van der Waals surface area contributed by atoms with Crippen molar-refractivity contribution in [2.24, 2.45) is 0 Å². The second kappa shape index (κ2) is 15.8. The summed E-state index contributed by atoms with van der Waals surface area (Å²) >= 11 is 0. The monoisotopic (exact) mass is 917 g/mol. The van der Waals surface area contributed by atoms with E-state index in [4.69, 9.17) is 20.9 Å². The topological polar surface area (TPSA) is 38.9 Å². The summed E-state index contributed by atoms with van der Waals surface area (Å²) in [6, 6.07) is 44.5. The molecule has 0 aliphatic carbocycles. The predicted octanol–water partition coefficient (Wildman–Crippen LogP) is 14.0. The first-order valence-electron chi connectivity index (χ1n) is 23.9. The molecular formula is C52H44IrN2O-2. The Balaban J connectivity index is 0.000000274. The molecule has 0 fully saturated rings. The summed E-state index contributed by atoms with van der Waals surface area (Å²) < 4.78 is 100. The Morgan fingerprint density at radius 2 is 1.38 bits per heavy atom. The minimum atomic E-state index is -2.54. The van der Waals surface area contributed by atoms with Gasteiger partial charge in [0.05, 0.1) is 5.58 Å². The van der Waals surface area contributed by atoms with E-state index in [0.717, 1.165) is 32.7 Å². The summed E-state index contributed by atoms with van der Waals surface area (Å²) in [7, 11) is 0. The molecule has 0 unspecified atom stereocenters. The summed E-state index contributed by atoms with van der Waals surface area (Å²) in [6.45, 7) is -2.88. The third kappa shape index (κ3) is 7.86. The summed E-state index contributed by atoms with van der Waals surface area (Å²) in [5, 5.41) is 3.38. The third-order valence-corrected chi connectivity index (χ3v) is 9.70. The summed E-state index contributed by atoms with van der Waals surface area (Å²) in [5.74, 6) is 0. The zero-order valence-electron chi connectivity index (χ0n) is 42.9.